The minimum atomic E-state index is -3.69. The summed E-state index contributed by atoms with van der Waals surface area (Å²) in [7, 11) is -3.69. The van der Waals surface area contributed by atoms with Gasteiger partial charge in [0, 0.05) is 18.2 Å². The van der Waals surface area contributed by atoms with Gasteiger partial charge in [0.1, 0.15) is 0 Å². The number of aryl methyl sites for hydroxylation is 4. The molecular weight excluding hydrogens is 372 g/mol. The highest BCUT2D eigenvalue weighted by Crippen LogP contribution is 2.37. The van der Waals surface area contributed by atoms with Gasteiger partial charge < -0.3 is 4.52 Å². The van der Waals surface area contributed by atoms with Crippen LogP contribution in [-0.4, -0.2) is 20.1 Å². The number of aromatic nitrogens is 1. The standard InChI is InChI=1S/C22H24N2O3S/c1-4-17-7-5-8-18-9-6-12-24(22(17)18)28(25,26)21-14-19(11-10-15(21)2)20-13-16(3)23-27-20/h5,7-8,10-11,13-14H,4,6,9,12H2,1-3H3. The molecule has 6 heteroatoms. The van der Waals surface area contributed by atoms with Gasteiger partial charge in [-0.15, -0.1) is 0 Å². The van der Waals surface area contributed by atoms with Crippen LogP contribution < -0.4 is 4.31 Å². The molecule has 0 saturated carbocycles. The summed E-state index contributed by atoms with van der Waals surface area (Å²) < 4.78 is 34.4. The average molecular weight is 397 g/mol. The SMILES string of the molecule is CCc1cccc2c1N(S(=O)(=O)c1cc(-c3cc(C)no3)ccc1C)CCC2. The fourth-order valence-electron chi connectivity index (χ4n) is 3.87. The molecule has 1 aliphatic rings. The summed E-state index contributed by atoms with van der Waals surface area (Å²) >= 11 is 0. The van der Waals surface area contributed by atoms with Crippen molar-refractivity contribution in [2.45, 2.75) is 44.9 Å². The number of nitrogens with zero attached hydrogens (tertiary/aromatic N) is 2. The molecule has 28 heavy (non-hydrogen) atoms. The Morgan fingerprint density at radius 2 is 1.96 bits per heavy atom. The van der Waals surface area contributed by atoms with Gasteiger partial charge in [0.25, 0.3) is 10.0 Å². The van der Waals surface area contributed by atoms with Crippen molar-refractivity contribution in [3.05, 3.63) is 64.8 Å². The van der Waals surface area contributed by atoms with E-state index in [9.17, 15) is 8.42 Å². The van der Waals surface area contributed by atoms with Crippen LogP contribution in [0.5, 0.6) is 0 Å². The summed E-state index contributed by atoms with van der Waals surface area (Å²) in [6.07, 6.45) is 2.52. The van der Waals surface area contributed by atoms with E-state index in [4.69, 9.17) is 4.52 Å². The molecule has 0 bridgehead atoms. The first-order chi connectivity index (χ1) is 13.4. The van der Waals surface area contributed by atoms with E-state index in [0.717, 1.165) is 47.3 Å². The Morgan fingerprint density at radius 1 is 1.14 bits per heavy atom. The maximum atomic E-state index is 13.7. The molecule has 0 saturated heterocycles. The maximum Gasteiger partial charge on any atom is 0.264 e. The monoisotopic (exact) mass is 396 g/mol. The third-order valence-electron chi connectivity index (χ3n) is 5.31. The second kappa shape index (κ2) is 7.09. The van der Waals surface area contributed by atoms with E-state index in [1.807, 2.05) is 50.2 Å². The molecule has 146 valence electrons. The highest BCUT2D eigenvalue weighted by Gasteiger charge is 2.32. The number of para-hydroxylation sites is 1. The molecule has 1 aliphatic heterocycles. The van der Waals surface area contributed by atoms with Crippen molar-refractivity contribution >= 4 is 15.7 Å². The molecule has 1 aromatic heterocycles. The Hall–Kier alpha value is -2.60. The second-order valence-corrected chi connectivity index (χ2v) is 9.10. The quantitative estimate of drug-likeness (QED) is 0.643. The van der Waals surface area contributed by atoms with Crippen LogP contribution in [0, 0.1) is 13.8 Å². The molecule has 0 fully saturated rings. The third kappa shape index (κ3) is 3.11. The minimum absolute atomic E-state index is 0.317. The first-order valence-electron chi connectivity index (χ1n) is 9.59. The van der Waals surface area contributed by atoms with E-state index in [2.05, 4.69) is 12.1 Å². The first-order valence-corrected chi connectivity index (χ1v) is 11.0. The number of rotatable bonds is 4. The van der Waals surface area contributed by atoms with Crippen LogP contribution >= 0.6 is 0 Å². The molecule has 0 atom stereocenters. The smallest absolute Gasteiger partial charge is 0.264 e. The van der Waals surface area contributed by atoms with Gasteiger partial charge in [0.05, 0.1) is 16.3 Å². The van der Waals surface area contributed by atoms with Crippen LogP contribution in [0.4, 0.5) is 5.69 Å². The summed E-state index contributed by atoms with van der Waals surface area (Å²) in [5, 5.41) is 3.91. The number of sulfonamides is 1. The van der Waals surface area contributed by atoms with Gasteiger partial charge in [-0.2, -0.15) is 0 Å². The molecule has 0 aliphatic carbocycles. The predicted molar refractivity (Wildman–Crippen MR) is 110 cm³/mol. The molecule has 2 aromatic carbocycles. The van der Waals surface area contributed by atoms with Crippen molar-refractivity contribution in [1.29, 1.82) is 0 Å². The van der Waals surface area contributed by atoms with Crippen molar-refractivity contribution in [3.63, 3.8) is 0 Å². The van der Waals surface area contributed by atoms with Crippen molar-refractivity contribution in [2.75, 3.05) is 10.8 Å². The average Bonchev–Trinajstić information content (AvgIpc) is 3.13. The van der Waals surface area contributed by atoms with Gasteiger partial charge in [-0.25, -0.2) is 8.42 Å². The van der Waals surface area contributed by atoms with Crippen molar-refractivity contribution < 1.29 is 12.9 Å². The Bertz CT molecular complexity index is 1120. The van der Waals surface area contributed by atoms with Crippen LogP contribution in [0.2, 0.25) is 0 Å². The lowest BCUT2D eigenvalue weighted by atomic mass is 9.98. The zero-order valence-corrected chi connectivity index (χ0v) is 17.2. The van der Waals surface area contributed by atoms with Crippen LogP contribution in [0.3, 0.4) is 0 Å². The van der Waals surface area contributed by atoms with Crippen LogP contribution in [0.25, 0.3) is 11.3 Å². The predicted octanol–water partition coefficient (Wildman–Crippen LogP) is 4.66. The molecule has 4 rings (SSSR count). The summed E-state index contributed by atoms with van der Waals surface area (Å²) in [4.78, 5) is 0.317. The second-order valence-electron chi connectivity index (χ2n) is 7.27. The lowest BCUT2D eigenvalue weighted by molar-refractivity contribution is 0.427. The third-order valence-corrected chi connectivity index (χ3v) is 7.25. The van der Waals surface area contributed by atoms with Crippen molar-refractivity contribution in [2.24, 2.45) is 0 Å². The molecule has 0 N–H and O–H groups in total. The van der Waals surface area contributed by atoms with Gasteiger partial charge in [0.2, 0.25) is 0 Å². The van der Waals surface area contributed by atoms with Gasteiger partial charge in [-0.1, -0.05) is 42.4 Å². The fourth-order valence-corrected chi connectivity index (χ4v) is 5.70. The van der Waals surface area contributed by atoms with Crippen LogP contribution in [0.15, 0.2) is 51.9 Å². The molecule has 0 spiro atoms. The Morgan fingerprint density at radius 3 is 2.68 bits per heavy atom. The Balaban J connectivity index is 1.85. The summed E-state index contributed by atoms with van der Waals surface area (Å²) in [6.45, 7) is 6.24. The largest absolute Gasteiger partial charge is 0.356 e. The molecule has 0 amide bonds. The molecule has 0 unspecified atom stereocenters. The van der Waals surface area contributed by atoms with Crippen molar-refractivity contribution in [1.82, 2.24) is 5.16 Å². The summed E-state index contributed by atoms with van der Waals surface area (Å²) in [6, 6.07) is 13.3. The topological polar surface area (TPSA) is 63.4 Å². The molecule has 2 heterocycles. The highest BCUT2D eigenvalue weighted by molar-refractivity contribution is 7.92. The van der Waals surface area contributed by atoms with Gasteiger partial charge in [-0.05, 0) is 55.9 Å². The van der Waals surface area contributed by atoms with E-state index >= 15 is 0 Å². The first kappa shape index (κ1) is 18.7. The van der Waals surface area contributed by atoms with E-state index in [0.29, 0.717) is 22.8 Å². The van der Waals surface area contributed by atoms with Gasteiger partial charge in [0.15, 0.2) is 5.76 Å². The number of fused-ring (bicyclic) bond motifs is 1. The highest BCUT2D eigenvalue weighted by atomic mass is 32.2. The molecular formula is C22H24N2O3S. The maximum absolute atomic E-state index is 13.7. The van der Waals surface area contributed by atoms with E-state index in [1.165, 1.54) is 0 Å². The van der Waals surface area contributed by atoms with E-state index in [1.54, 1.807) is 10.4 Å². The molecule has 0 radical (unpaired) electrons. The van der Waals surface area contributed by atoms with Gasteiger partial charge in [-0.3, -0.25) is 4.31 Å². The minimum Gasteiger partial charge on any atom is -0.356 e. The number of anilines is 1. The van der Waals surface area contributed by atoms with E-state index < -0.39 is 10.0 Å². The van der Waals surface area contributed by atoms with Crippen LogP contribution in [-0.2, 0) is 22.9 Å². The van der Waals surface area contributed by atoms with Crippen molar-refractivity contribution in [3.8, 4) is 11.3 Å². The normalized spacial score (nSPS) is 14.2. The summed E-state index contributed by atoms with van der Waals surface area (Å²) in [5.41, 5.74) is 5.23. The molecule has 3 aromatic rings. The zero-order chi connectivity index (χ0) is 19.9. The Labute approximate surface area is 166 Å². The Kier molecular flexibility index (Phi) is 4.75. The molecule has 5 nitrogen and oxygen atoms in total. The number of hydrogen-bond acceptors (Lipinski definition) is 4. The number of benzene rings is 2. The lowest BCUT2D eigenvalue weighted by Gasteiger charge is -2.33. The summed E-state index contributed by atoms with van der Waals surface area (Å²) in [5.74, 6) is 0.572. The van der Waals surface area contributed by atoms with Crippen LogP contribution in [0.1, 0.15) is 35.7 Å². The zero-order valence-electron chi connectivity index (χ0n) is 16.4. The lowest BCUT2D eigenvalue weighted by Crippen LogP contribution is -2.36. The van der Waals surface area contributed by atoms with E-state index in [-0.39, 0.29) is 0 Å². The van der Waals surface area contributed by atoms with Gasteiger partial charge >= 0.3 is 0 Å². The number of hydrogen-bond donors (Lipinski definition) is 0. The fraction of sp³-hybridized carbons (Fsp3) is 0.318.